The Balaban J connectivity index is 2.92. The van der Waals surface area contributed by atoms with E-state index in [1.165, 1.54) is 13.3 Å². The van der Waals surface area contributed by atoms with Crippen molar-refractivity contribution >= 4 is 6.47 Å². The second-order valence-corrected chi connectivity index (χ2v) is 1.74. The number of methoxy groups -OCH3 is 1. The lowest BCUT2D eigenvalue weighted by Crippen LogP contribution is -1.93. The Morgan fingerprint density at radius 1 is 1.55 bits per heavy atom. The molecule has 0 aliphatic rings. The largest absolute Gasteiger partial charge is 0.493 e. The van der Waals surface area contributed by atoms with Gasteiger partial charge in [0.1, 0.15) is 0 Å². The monoisotopic (exact) mass is 153 g/mol. The molecular formula is C7H7NO3. The summed E-state index contributed by atoms with van der Waals surface area (Å²) >= 11 is 0. The first-order valence-corrected chi connectivity index (χ1v) is 2.96. The van der Waals surface area contributed by atoms with E-state index in [1.54, 1.807) is 12.3 Å². The molecule has 4 nitrogen and oxygen atoms in total. The maximum absolute atomic E-state index is 9.94. The highest BCUT2D eigenvalue weighted by atomic mass is 16.5. The normalized spacial score (nSPS) is 8.82. The van der Waals surface area contributed by atoms with E-state index in [-0.39, 0.29) is 0 Å². The van der Waals surface area contributed by atoms with E-state index < -0.39 is 0 Å². The Labute approximate surface area is 63.8 Å². The fourth-order valence-corrected chi connectivity index (χ4v) is 0.676. The zero-order chi connectivity index (χ0) is 8.10. The quantitative estimate of drug-likeness (QED) is 0.597. The van der Waals surface area contributed by atoms with Gasteiger partial charge in [-0.1, -0.05) is 0 Å². The summed E-state index contributed by atoms with van der Waals surface area (Å²) in [4.78, 5) is 13.7. The number of ether oxygens (including phenoxy) is 2. The zero-order valence-corrected chi connectivity index (χ0v) is 5.98. The molecule has 0 fully saturated rings. The fraction of sp³-hybridized carbons (Fsp3) is 0.143. The van der Waals surface area contributed by atoms with Crippen molar-refractivity contribution in [2.75, 3.05) is 7.11 Å². The topological polar surface area (TPSA) is 48.4 Å². The minimum Gasteiger partial charge on any atom is -0.493 e. The van der Waals surface area contributed by atoms with Crippen LogP contribution in [-0.2, 0) is 4.79 Å². The number of hydrogen-bond donors (Lipinski definition) is 0. The second kappa shape index (κ2) is 3.55. The van der Waals surface area contributed by atoms with Crippen LogP contribution in [0.5, 0.6) is 11.5 Å². The van der Waals surface area contributed by atoms with E-state index >= 15 is 0 Å². The summed E-state index contributed by atoms with van der Waals surface area (Å²) in [5.41, 5.74) is 0. The molecule has 0 spiro atoms. The predicted molar refractivity (Wildman–Crippen MR) is 37.5 cm³/mol. The number of carbonyl (C=O) groups is 1. The van der Waals surface area contributed by atoms with Gasteiger partial charge in [0.05, 0.1) is 13.3 Å². The molecule has 58 valence electrons. The van der Waals surface area contributed by atoms with Gasteiger partial charge in [-0.2, -0.15) is 0 Å². The number of nitrogens with zero attached hydrogens (tertiary/aromatic N) is 1. The smallest absolute Gasteiger partial charge is 0.298 e. The van der Waals surface area contributed by atoms with Gasteiger partial charge in [-0.15, -0.1) is 0 Å². The van der Waals surface area contributed by atoms with Crippen LogP contribution in [0.4, 0.5) is 0 Å². The van der Waals surface area contributed by atoms with Gasteiger partial charge in [0.25, 0.3) is 6.47 Å². The molecule has 0 aliphatic carbocycles. The van der Waals surface area contributed by atoms with E-state index in [0.29, 0.717) is 18.0 Å². The first-order chi connectivity index (χ1) is 5.38. The van der Waals surface area contributed by atoms with E-state index in [9.17, 15) is 4.79 Å². The van der Waals surface area contributed by atoms with Gasteiger partial charge in [-0.05, 0) is 0 Å². The van der Waals surface area contributed by atoms with Gasteiger partial charge in [-0.3, -0.25) is 9.78 Å². The van der Waals surface area contributed by atoms with Crippen molar-refractivity contribution in [2.24, 2.45) is 0 Å². The molecule has 0 aromatic carbocycles. The summed E-state index contributed by atoms with van der Waals surface area (Å²) in [6.07, 6.45) is 2.96. The molecule has 1 heterocycles. The highest BCUT2D eigenvalue weighted by Gasteiger charge is 2.00. The van der Waals surface area contributed by atoms with Crippen LogP contribution in [0.1, 0.15) is 0 Å². The summed E-state index contributed by atoms with van der Waals surface area (Å²) < 4.78 is 9.43. The fourth-order valence-electron chi connectivity index (χ4n) is 0.676. The standard InChI is InChI=1S/C7H7NO3/c1-10-6-2-3-8-4-7(6)11-5-9/h2-5H,1H3. The summed E-state index contributed by atoms with van der Waals surface area (Å²) in [6.45, 7) is 0.333. The van der Waals surface area contributed by atoms with Crippen LogP contribution in [0.25, 0.3) is 0 Å². The molecule has 0 unspecified atom stereocenters. The average molecular weight is 153 g/mol. The van der Waals surface area contributed by atoms with Crippen LogP contribution in [-0.4, -0.2) is 18.6 Å². The zero-order valence-electron chi connectivity index (χ0n) is 5.98. The number of hydrogen-bond acceptors (Lipinski definition) is 4. The Kier molecular flexibility index (Phi) is 2.43. The van der Waals surface area contributed by atoms with Crippen molar-refractivity contribution in [1.82, 2.24) is 4.98 Å². The minimum atomic E-state index is 0.324. The van der Waals surface area contributed by atoms with Crippen LogP contribution in [0, 0.1) is 0 Å². The van der Waals surface area contributed by atoms with Crippen LogP contribution >= 0.6 is 0 Å². The van der Waals surface area contributed by atoms with Crippen molar-refractivity contribution in [1.29, 1.82) is 0 Å². The SMILES string of the molecule is COc1ccncc1OC=O. The lowest BCUT2D eigenvalue weighted by atomic mass is 10.4. The van der Waals surface area contributed by atoms with Gasteiger partial charge >= 0.3 is 0 Å². The molecular weight excluding hydrogens is 146 g/mol. The van der Waals surface area contributed by atoms with Crippen LogP contribution in [0.15, 0.2) is 18.5 Å². The molecule has 0 saturated carbocycles. The summed E-state index contributed by atoms with van der Waals surface area (Å²) in [6, 6.07) is 1.61. The van der Waals surface area contributed by atoms with Crippen molar-refractivity contribution in [3.8, 4) is 11.5 Å². The summed E-state index contributed by atoms with van der Waals surface area (Å²) in [5, 5.41) is 0. The number of carbonyl (C=O) groups excluding carboxylic acids is 1. The lowest BCUT2D eigenvalue weighted by molar-refractivity contribution is -0.120. The number of pyridine rings is 1. The predicted octanol–water partition coefficient (Wildman–Crippen LogP) is 0.625. The van der Waals surface area contributed by atoms with Crippen molar-refractivity contribution in [3.63, 3.8) is 0 Å². The number of rotatable bonds is 3. The van der Waals surface area contributed by atoms with Crippen molar-refractivity contribution < 1.29 is 14.3 Å². The van der Waals surface area contributed by atoms with E-state index in [0.717, 1.165) is 0 Å². The molecule has 1 aromatic rings. The van der Waals surface area contributed by atoms with Gasteiger partial charge in [0, 0.05) is 12.3 Å². The molecule has 0 saturated heterocycles. The van der Waals surface area contributed by atoms with Crippen LogP contribution in [0.2, 0.25) is 0 Å². The van der Waals surface area contributed by atoms with Gasteiger partial charge in [0.15, 0.2) is 11.5 Å². The maximum atomic E-state index is 9.94. The molecule has 1 rings (SSSR count). The molecule has 0 bridgehead atoms. The Morgan fingerprint density at radius 2 is 2.36 bits per heavy atom. The van der Waals surface area contributed by atoms with E-state index in [2.05, 4.69) is 9.72 Å². The van der Waals surface area contributed by atoms with Gasteiger partial charge in [0.2, 0.25) is 0 Å². The van der Waals surface area contributed by atoms with E-state index in [4.69, 9.17) is 4.74 Å². The number of aromatic nitrogens is 1. The second-order valence-electron chi connectivity index (χ2n) is 1.74. The van der Waals surface area contributed by atoms with Crippen LogP contribution < -0.4 is 9.47 Å². The van der Waals surface area contributed by atoms with Gasteiger partial charge in [-0.25, -0.2) is 0 Å². The average Bonchev–Trinajstić information content (AvgIpc) is 2.06. The Hall–Kier alpha value is -1.58. The molecule has 4 heteroatoms. The van der Waals surface area contributed by atoms with Crippen molar-refractivity contribution in [2.45, 2.75) is 0 Å². The third-order valence-electron chi connectivity index (χ3n) is 1.14. The maximum Gasteiger partial charge on any atom is 0.298 e. The highest BCUT2D eigenvalue weighted by Crippen LogP contribution is 2.23. The summed E-state index contributed by atoms with van der Waals surface area (Å²) in [5.74, 6) is 0.817. The molecule has 0 N–H and O–H groups in total. The highest BCUT2D eigenvalue weighted by molar-refractivity contribution is 5.49. The van der Waals surface area contributed by atoms with Crippen molar-refractivity contribution in [3.05, 3.63) is 18.5 Å². The molecule has 1 aromatic heterocycles. The third kappa shape index (κ3) is 1.67. The summed E-state index contributed by atoms with van der Waals surface area (Å²) in [7, 11) is 1.49. The molecule has 0 aliphatic heterocycles. The lowest BCUT2D eigenvalue weighted by Gasteiger charge is -2.02. The Bertz CT molecular complexity index is 249. The van der Waals surface area contributed by atoms with Gasteiger partial charge < -0.3 is 9.47 Å². The molecule has 11 heavy (non-hydrogen) atoms. The first kappa shape index (κ1) is 7.53. The van der Waals surface area contributed by atoms with Crippen LogP contribution in [0.3, 0.4) is 0 Å². The molecule has 0 radical (unpaired) electrons. The van der Waals surface area contributed by atoms with E-state index in [1.807, 2.05) is 0 Å². The Morgan fingerprint density at radius 3 is 3.00 bits per heavy atom. The third-order valence-corrected chi connectivity index (χ3v) is 1.14. The molecule has 0 amide bonds. The minimum absolute atomic E-state index is 0.324. The molecule has 0 atom stereocenters. The first-order valence-electron chi connectivity index (χ1n) is 2.96.